The lowest BCUT2D eigenvalue weighted by molar-refractivity contribution is 0.171. The van der Waals surface area contributed by atoms with Gasteiger partial charge in [0.25, 0.3) is 0 Å². The van der Waals surface area contributed by atoms with Crippen molar-refractivity contribution in [2.24, 2.45) is 0 Å². The van der Waals surface area contributed by atoms with Gasteiger partial charge in [-0.2, -0.15) is 0 Å². The third-order valence-electron chi connectivity index (χ3n) is 4.77. The molecule has 1 aromatic carbocycles. The minimum atomic E-state index is 0.486. The fraction of sp³-hybridized carbons (Fsp3) is 0.368. The van der Waals surface area contributed by atoms with E-state index >= 15 is 0 Å². The van der Waals surface area contributed by atoms with Crippen LogP contribution in [0, 0.1) is 0 Å². The Morgan fingerprint density at radius 2 is 1.96 bits per heavy atom. The van der Waals surface area contributed by atoms with Crippen LogP contribution in [0.15, 0.2) is 53.1 Å². The van der Waals surface area contributed by atoms with E-state index in [1.807, 2.05) is 42.5 Å². The maximum absolute atomic E-state index is 5.85. The summed E-state index contributed by atoms with van der Waals surface area (Å²) >= 11 is 3.47. The molecular formula is C19H21BrN4O. The van der Waals surface area contributed by atoms with Gasteiger partial charge in [0.15, 0.2) is 5.65 Å². The lowest BCUT2D eigenvalue weighted by atomic mass is 9.96. The number of rotatable bonds is 5. The molecule has 0 saturated carbocycles. The van der Waals surface area contributed by atoms with Crippen LogP contribution in [0.25, 0.3) is 5.65 Å². The van der Waals surface area contributed by atoms with E-state index in [-0.39, 0.29) is 0 Å². The second kappa shape index (κ2) is 7.54. The predicted molar refractivity (Wildman–Crippen MR) is 101 cm³/mol. The minimum Gasteiger partial charge on any atom is -0.492 e. The van der Waals surface area contributed by atoms with Crippen LogP contribution in [-0.4, -0.2) is 45.7 Å². The second-order valence-corrected chi connectivity index (χ2v) is 7.32. The SMILES string of the molecule is Brc1cccc(OCCN2CCC(c3nnc4ccccn34)CC2)c1. The van der Waals surface area contributed by atoms with Crippen molar-refractivity contribution in [1.82, 2.24) is 19.5 Å². The van der Waals surface area contributed by atoms with Gasteiger partial charge in [-0.3, -0.25) is 9.30 Å². The highest BCUT2D eigenvalue weighted by Gasteiger charge is 2.24. The van der Waals surface area contributed by atoms with Gasteiger partial charge in [-0.1, -0.05) is 28.1 Å². The number of hydrogen-bond donors (Lipinski definition) is 0. The number of benzene rings is 1. The van der Waals surface area contributed by atoms with Gasteiger partial charge in [-0.15, -0.1) is 10.2 Å². The van der Waals surface area contributed by atoms with Gasteiger partial charge in [0.05, 0.1) is 0 Å². The summed E-state index contributed by atoms with van der Waals surface area (Å²) in [5.41, 5.74) is 0.933. The van der Waals surface area contributed by atoms with Crippen molar-refractivity contribution in [1.29, 1.82) is 0 Å². The molecular weight excluding hydrogens is 380 g/mol. The summed E-state index contributed by atoms with van der Waals surface area (Å²) in [6.07, 6.45) is 4.29. The fourth-order valence-corrected chi connectivity index (χ4v) is 3.78. The van der Waals surface area contributed by atoms with Crippen molar-refractivity contribution in [3.8, 4) is 5.75 Å². The monoisotopic (exact) mass is 400 g/mol. The molecule has 0 spiro atoms. The zero-order chi connectivity index (χ0) is 17.1. The molecule has 1 fully saturated rings. The summed E-state index contributed by atoms with van der Waals surface area (Å²) in [6, 6.07) is 14.0. The largest absolute Gasteiger partial charge is 0.492 e. The number of hydrogen-bond acceptors (Lipinski definition) is 4. The van der Waals surface area contributed by atoms with Gasteiger partial charge < -0.3 is 4.74 Å². The molecule has 1 saturated heterocycles. The Kier molecular flexibility index (Phi) is 4.99. The Morgan fingerprint density at radius 3 is 2.80 bits per heavy atom. The number of halogens is 1. The first-order chi connectivity index (χ1) is 12.3. The quantitative estimate of drug-likeness (QED) is 0.653. The fourth-order valence-electron chi connectivity index (χ4n) is 3.40. The average molecular weight is 401 g/mol. The van der Waals surface area contributed by atoms with Crippen LogP contribution >= 0.6 is 15.9 Å². The maximum Gasteiger partial charge on any atom is 0.160 e. The minimum absolute atomic E-state index is 0.486. The molecule has 3 heterocycles. The molecule has 1 aliphatic heterocycles. The molecule has 5 nitrogen and oxygen atoms in total. The third-order valence-corrected chi connectivity index (χ3v) is 5.26. The molecule has 4 rings (SSSR count). The van der Waals surface area contributed by atoms with Crippen LogP contribution in [-0.2, 0) is 0 Å². The zero-order valence-electron chi connectivity index (χ0n) is 14.0. The number of aromatic nitrogens is 3. The maximum atomic E-state index is 5.85. The third kappa shape index (κ3) is 3.85. The lowest BCUT2D eigenvalue weighted by Crippen LogP contribution is -2.36. The van der Waals surface area contributed by atoms with Crippen molar-refractivity contribution < 1.29 is 4.74 Å². The van der Waals surface area contributed by atoms with Crippen LogP contribution in [0.5, 0.6) is 5.75 Å². The molecule has 0 N–H and O–H groups in total. The van der Waals surface area contributed by atoms with Crippen molar-refractivity contribution >= 4 is 21.6 Å². The number of nitrogens with zero attached hydrogens (tertiary/aromatic N) is 4. The molecule has 0 unspecified atom stereocenters. The zero-order valence-corrected chi connectivity index (χ0v) is 15.6. The highest BCUT2D eigenvalue weighted by Crippen LogP contribution is 2.27. The molecule has 2 aromatic heterocycles. The number of fused-ring (bicyclic) bond motifs is 1. The molecule has 130 valence electrons. The van der Waals surface area contributed by atoms with Gasteiger partial charge in [0.2, 0.25) is 0 Å². The Labute approximate surface area is 155 Å². The van der Waals surface area contributed by atoms with Gasteiger partial charge in [-0.05, 0) is 56.3 Å². The summed E-state index contributed by atoms with van der Waals surface area (Å²) in [4.78, 5) is 2.47. The van der Waals surface area contributed by atoms with Crippen LogP contribution in [0.3, 0.4) is 0 Å². The van der Waals surface area contributed by atoms with Gasteiger partial charge in [0.1, 0.15) is 18.2 Å². The second-order valence-electron chi connectivity index (χ2n) is 6.41. The van der Waals surface area contributed by atoms with Gasteiger partial charge in [-0.25, -0.2) is 0 Å². The van der Waals surface area contributed by atoms with E-state index in [4.69, 9.17) is 4.74 Å². The lowest BCUT2D eigenvalue weighted by Gasteiger charge is -2.31. The number of likely N-dealkylation sites (tertiary alicyclic amines) is 1. The smallest absolute Gasteiger partial charge is 0.160 e. The van der Waals surface area contributed by atoms with Crippen molar-refractivity contribution in [3.05, 3.63) is 59.0 Å². The summed E-state index contributed by atoms with van der Waals surface area (Å²) in [7, 11) is 0. The van der Waals surface area contributed by atoms with E-state index in [2.05, 4.69) is 41.6 Å². The van der Waals surface area contributed by atoms with Gasteiger partial charge in [0, 0.05) is 23.1 Å². The van der Waals surface area contributed by atoms with E-state index in [1.54, 1.807) is 0 Å². The van der Waals surface area contributed by atoms with Crippen molar-refractivity contribution in [2.45, 2.75) is 18.8 Å². The molecule has 0 aliphatic carbocycles. The van der Waals surface area contributed by atoms with E-state index in [0.717, 1.165) is 60.8 Å². The standard InChI is InChI=1S/C19H21BrN4O/c20-16-4-3-5-17(14-16)25-13-12-23-10-7-15(8-11-23)19-22-21-18-6-1-2-9-24(18)19/h1-6,9,14-15H,7-8,10-13H2. The van der Waals surface area contributed by atoms with E-state index < -0.39 is 0 Å². The first-order valence-electron chi connectivity index (χ1n) is 8.70. The summed E-state index contributed by atoms with van der Waals surface area (Å²) in [6.45, 7) is 3.83. The molecule has 25 heavy (non-hydrogen) atoms. The van der Waals surface area contributed by atoms with Gasteiger partial charge >= 0.3 is 0 Å². The Bertz CT molecular complexity index is 842. The van der Waals surface area contributed by atoms with Crippen LogP contribution in [0.1, 0.15) is 24.6 Å². The topological polar surface area (TPSA) is 42.7 Å². The van der Waals surface area contributed by atoms with E-state index in [1.165, 1.54) is 0 Å². The normalized spacial score (nSPS) is 16.4. The molecule has 0 amide bonds. The highest BCUT2D eigenvalue weighted by molar-refractivity contribution is 9.10. The predicted octanol–water partition coefficient (Wildman–Crippen LogP) is 3.75. The Morgan fingerprint density at radius 1 is 1.08 bits per heavy atom. The van der Waals surface area contributed by atoms with Crippen LogP contribution in [0.4, 0.5) is 0 Å². The Hall–Kier alpha value is -1.92. The number of piperidine rings is 1. The molecule has 0 atom stereocenters. The molecule has 0 radical (unpaired) electrons. The first-order valence-corrected chi connectivity index (χ1v) is 9.49. The molecule has 6 heteroatoms. The van der Waals surface area contributed by atoms with E-state index in [9.17, 15) is 0 Å². The summed E-state index contributed by atoms with van der Waals surface area (Å²) < 4.78 is 9.02. The van der Waals surface area contributed by atoms with Crippen LogP contribution < -0.4 is 4.74 Å². The molecule has 0 bridgehead atoms. The van der Waals surface area contributed by atoms with E-state index in [0.29, 0.717) is 5.92 Å². The highest BCUT2D eigenvalue weighted by atomic mass is 79.9. The Balaban J connectivity index is 1.28. The average Bonchev–Trinajstić information content (AvgIpc) is 3.07. The van der Waals surface area contributed by atoms with Crippen molar-refractivity contribution in [2.75, 3.05) is 26.2 Å². The first kappa shape index (κ1) is 16.5. The number of ether oxygens (including phenoxy) is 1. The van der Waals surface area contributed by atoms with Crippen molar-refractivity contribution in [3.63, 3.8) is 0 Å². The summed E-state index contributed by atoms with van der Waals surface area (Å²) in [5.74, 6) is 2.50. The number of pyridine rings is 1. The molecule has 1 aliphatic rings. The summed E-state index contributed by atoms with van der Waals surface area (Å²) in [5, 5.41) is 8.70. The molecule has 3 aromatic rings. The van der Waals surface area contributed by atoms with Crippen LogP contribution in [0.2, 0.25) is 0 Å².